The number of carbonyl (C=O) groups excluding carboxylic acids is 2. The van der Waals surface area contributed by atoms with E-state index in [-0.39, 0.29) is 19.4 Å². The summed E-state index contributed by atoms with van der Waals surface area (Å²) in [6, 6.07) is 0. The van der Waals surface area contributed by atoms with Crippen LogP contribution in [0.4, 0.5) is 0 Å². The summed E-state index contributed by atoms with van der Waals surface area (Å²) in [6.45, 7) is 3.55. The Bertz CT molecular complexity index is 1020. The molecule has 1 atom stereocenters. The zero-order valence-electron chi connectivity index (χ0n) is 34.6. The molecule has 0 saturated heterocycles. The Morgan fingerprint density at radius 1 is 0.500 bits per heavy atom. The Balaban J connectivity index is 3.87. The average molecular weight is 781 g/mol. The summed E-state index contributed by atoms with van der Waals surface area (Å²) in [5.41, 5.74) is 0. The zero-order valence-corrected chi connectivity index (χ0v) is 35.5. The van der Waals surface area contributed by atoms with Crippen LogP contribution in [0.15, 0.2) is 48.6 Å². The number of phosphoric acid groups is 1. The van der Waals surface area contributed by atoms with Gasteiger partial charge in [0.25, 0.3) is 0 Å². The van der Waals surface area contributed by atoms with Crippen molar-refractivity contribution in [2.45, 2.75) is 213 Å². The highest BCUT2D eigenvalue weighted by Gasteiger charge is 2.22. The molecule has 2 N–H and O–H groups in total. The Morgan fingerprint density at radius 3 is 1.33 bits per heavy atom. The molecule has 314 valence electrons. The maximum Gasteiger partial charge on any atom is 0.469 e. The number of carbonyl (C=O) groups is 2. The number of esters is 2. The van der Waals surface area contributed by atoms with Crippen LogP contribution in [-0.2, 0) is 28.2 Å². The van der Waals surface area contributed by atoms with Gasteiger partial charge in [0, 0.05) is 12.8 Å². The van der Waals surface area contributed by atoms with Crippen LogP contribution >= 0.6 is 7.82 Å². The summed E-state index contributed by atoms with van der Waals surface area (Å²) in [6.07, 6.45) is 49.8. The lowest BCUT2D eigenvalue weighted by atomic mass is 10.0. The first-order valence-electron chi connectivity index (χ1n) is 22.0. The maximum atomic E-state index is 12.4. The van der Waals surface area contributed by atoms with Crippen molar-refractivity contribution >= 4 is 19.8 Å². The first-order valence-corrected chi connectivity index (χ1v) is 23.5. The predicted molar refractivity (Wildman–Crippen MR) is 225 cm³/mol. The van der Waals surface area contributed by atoms with E-state index >= 15 is 0 Å². The third-order valence-corrected chi connectivity index (χ3v) is 9.94. The monoisotopic (exact) mass is 781 g/mol. The zero-order chi connectivity index (χ0) is 39.6. The van der Waals surface area contributed by atoms with E-state index in [0.717, 1.165) is 57.8 Å². The fraction of sp³-hybridized carbons (Fsp3) is 0.778. The Hall–Kier alpha value is -1.99. The van der Waals surface area contributed by atoms with Gasteiger partial charge in [0.05, 0.1) is 6.61 Å². The van der Waals surface area contributed by atoms with Gasteiger partial charge in [-0.05, 0) is 32.1 Å². The van der Waals surface area contributed by atoms with Gasteiger partial charge in [-0.1, -0.05) is 210 Å². The number of ether oxygens (including phenoxy) is 2. The number of phosphoric ester groups is 1. The summed E-state index contributed by atoms with van der Waals surface area (Å²) in [5, 5.41) is 0. The molecule has 0 aliphatic rings. The van der Waals surface area contributed by atoms with Crippen molar-refractivity contribution in [3.05, 3.63) is 48.6 Å². The van der Waals surface area contributed by atoms with E-state index in [1.807, 2.05) is 30.4 Å². The summed E-state index contributed by atoms with van der Waals surface area (Å²) in [7, 11) is -4.76. The molecule has 0 amide bonds. The first kappa shape index (κ1) is 52.0. The molecule has 0 aromatic rings. The van der Waals surface area contributed by atoms with Crippen molar-refractivity contribution in [2.24, 2.45) is 0 Å². The van der Waals surface area contributed by atoms with Crippen LogP contribution in [-0.4, -0.2) is 41.0 Å². The molecule has 0 saturated carbocycles. The van der Waals surface area contributed by atoms with Crippen molar-refractivity contribution in [2.75, 3.05) is 13.2 Å². The SMILES string of the molecule is CC/C=C/C=C/C=C/C=C/CCCCCCCC(=O)O[C@H](COC(=O)CCCCCCCCCCCCCCCCCCCCCCC)COP(=O)(O)O. The second-order valence-electron chi connectivity index (χ2n) is 14.7. The van der Waals surface area contributed by atoms with Crippen molar-refractivity contribution < 1.29 is 37.9 Å². The minimum atomic E-state index is -4.76. The van der Waals surface area contributed by atoms with Crippen LogP contribution in [0.2, 0.25) is 0 Å². The molecule has 0 aliphatic heterocycles. The first-order chi connectivity index (χ1) is 26.3. The highest BCUT2D eigenvalue weighted by atomic mass is 31.2. The molecule has 0 radical (unpaired) electrons. The van der Waals surface area contributed by atoms with Gasteiger partial charge >= 0.3 is 19.8 Å². The summed E-state index contributed by atoms with van der Waals surface area (Å²) in [5.74, 6) is -0.906. The summed E-state index contributed by atoms with van der Waals surface area (Å²) < 4.78 is 26.4. The standard InChI is InChI=1S/C45H81O8P/c1-3-5-7-9-11-13-15-17-19-20-21-22-23-24-26-27-29-31-33-35-37-39-44(46)51-41-43(42-52-54(48,49)50)53-45(47)40-38-36-34-32-30-28-25-18-16-14-12-10-8-6-4-2/h6,8,10,12,14,16,18,25,43H,3-5,7,9,11,13,15,17,19-24,26-42H2,1-2H3,(H2,48,49,50)/b8-6+,12-10+,16-14+,25-18+/t43-/m1/s1. The van der Waals surface area contributed by atoms with E-state index in [9.17, 15) is 14.2 Å². The van der Waals surface area contributed by atoms with E-state index in [1.54, 1.807) is 0 Å². The van der Waals surface area contributed by atoms with E-state index in [4.69, 9.17) is 19.3 Å². The molecule has 0 aliphatic carbocycles. The molecule has 0 aromatic heterocycles. The van der Waals surface area contributed by atoms with Gasteiger partial charge in [0.15, 0.2) is 6.10 Å². The average Bonchev–Trinajstić information content (AvgIpc) is 3.14. The molecule has 0 spiro atoms. The number of unbranched alkanes of at least 4 members (excludes halogenated alkanes) is 25. The van der Waals surface area contributed by atoms with E-state index in [2.05, 4.69) is 36.6 Å². The van der Waals surface area contributed by atoms with Gasteiger partial charge < -0.3 is 19.3 Å². The fourth-order valence-corrected chi connectivity index (χ4v) is 6.57. The third-order valence-electron chi connectivity index (χ3n) is 9.46. The van der Waals surface area contributed by atoms with Crippen molar-refractivity contribution in [1.82, 2.24) is 0 Å². The van der Waals surface area contributed by atoms with Gasteiger partial charge in [-0.3, -0.25) is 14.1 Å². The van der Waals surface area contributed by atoms with E-state index in [1.165, 1.54) is 116 Å². The second kappa shape index (κ2) is 40.7. The Kier molecular flexibility index (Phi) is 39.2. The van der Waals surface area contributed by atoms with Crippen LogP contribution in [0, 0.1) is 0 Å². The number of hydrogen-bond donors (Lipinski definition) is 2. The molecule has 0 rings (SSSR count). The minimum absolute atomic E-state index is 0.186. The quantitative estimate of drug-likeness (QED) is 0.0273. The van der Waals surface area contributed by atoms with E-state index < -0.39 is 32.5 Å². The molecule has 0 fully saturated rings. The lowest BCUT2D eigenvalue weighted by Crippen LogP contribution is -2.29. The smallest absolute Gasteiger partial charge is 0.462 e. The van der Waals surface area contributed by atoms with Gasteiger partial charge in [-0.15, -0.1) is 0 Å². The fourth-order valence-electron chi connectivity index (χ4n) is 6.21. The van der Waals surface area contributed by atoms with Crippen LogP contribution in [0.25, 0.3) is 0 Å². The summed E-state index contributed by atoms with van der Waals surface area (Å²) in [4.78, 5) is 42.9. The normalized spacial score (nSPS) is 12.9. The largest absolute Gasteiger partial charge is 0.469 e. The van der Waals surface area contributed by atoms with Crippen LogP contribution in [0.3, 0.4) is 0 Å². The molecule has 0 unspecified atom stereocenters. The Labute approximate surface area is 331 Å². The van der Waals surface area contributed by atoms with Crippen LogP contribution in [0.1, 0.15) is 206 Å². The lowest BCUT2D eigenvalue weighted by Gasteiger charge is -2.18. The number of rotatable bonds is 40. The third kappa shape index (κ3) is 42.7. The van der Waals surface area contributed by atoms with Gasteiger partial charge in [0.2, 0.25) is 0 Å². The van der Waals surface area contributed by atoms with Crippen molar-refractivity contribution in [1.29, 1.82) is 0 Å². The summed E-state index contributed by atoms with van der Waals surface area (Å²) >= 11 is 0. The molecule has 0 aromatic carbocycles. The molecule has 0 bridgehead atoms. The molecule has 54 heavy (non-hydrogen) atoms. The molecule has 8 nitrogen and oxygen atoms in total. The van der Waals surface area contributed by atoms with E-state index in [0.29, 0.717) is 6.42 Å². The van der Waals surface area contributed by atoms with Crippen LogP contribution in [0.5, 0.6) is 0 Å². The molecule has 9 heteroatoms. The highest BCUT2D eigenvalue weighted by Crippen LogP contribution is 2.36. The number of hydrogen-bond acceptors (Lipinski definition) is 6. The minimum Gasteiger partial charge on any atom is -0.462 e. The maximum absolute atomic E-state index is 12.4. The second-order valence-corrected chi connectivity index (χ2v) is 16.0. The number of allylic oxidation sites excluding steroid dienone is 8. The van der Waals surface area contributed by atoms with Crippen molar-refractivity contribution in [3.63, 3.8) is 0 Å². The molecular formula is C45H81O8P. The Morgan fingerprint density at radius 2 is 0.889 bits per heavy atom. The predicted octanol–water partition coefficient (Wildman–Crippen LogP) is 13.5. The molecule has 0 heterocycles. The van der Waals surface area contributed by atoms with Gasteiger partial charge in [0.1, 0.15) is 6.61 Å². The van der Waals surface area contributed by atoms with Gasteiger partial charge in [-0.25, -0.2) is 4.57 Å². The molecular weight excluding hydrogens is 699 g/mol. The van der Waals surface area contributed by atoms with Gasteiger partial charge in [-0.2, -0.15) is 0 Å². The van der Waals surface area contributed by atoms with Crippen LogP contribution < -0.4 is 0 Å². The topological polar surface area (TPSA) is 119 Å². The lowest BCUT2D eigenvalue weighted by molar-refractivity contribution is -0.161. The highest BCUT2D eigenvalue weighted by molar-refractivity contribution is 7.46. The van der Waals surface area contributed by atoms with Crippen molar-refractivity contribution in [3.8, 4) is 0 Å².